The maximum atomic E-state index is 11.9. The number of furan rings is 1. The van der Waals surface area contributed by atoms with Crippen LogP contribution < -0.4 is 5.32 Å². The Morgan fingerprint density at radius 3 is 2.62 bits per heavy atom. The van der Waals surface area contributed by atoms with Crippen LogP contribution in [0.25, 0.3) is 0 Å². The Labute approximate surface area is 130 Å². The van der Waals surface area contributed by atoms with Gasteiger partial charge >= 0.3 is 5.97 Å². The molecule has 0 saturated carbocycles. The van der Waals surface area contributed by atoms with Gasteiger partial charge in [-0.2, -0.15) is 0 Å². The van der Waals surface area contributed by atoms with E-state index < -0.39 is 12.1 Å². The highest BCUT2D eigenvalue weighted by molar-refractivity contribution is 9.10. The molecule has 1 N–H and O–H groups in total. The molecule has 0 aliphatic heterocycles. The van der Waals surface area contributed by atoms with Crippen LogP contribution in [0, 0.1) is 0 Å². The molecule has 1 heterocycles. The number of carbonyl (C=O) groups is 2. The van der Waals surface area contributed by atoms with Gasteiger partial charge in [-0.05, 0) is 43.3 Å². The molecule has 1 amide bonds. The lowest BCUT2D eigenvalue weighted by atomic mass is 10.2. The van der Waals surface area contributed by atoms with Crippen LogP contribution in [0.3, 0.4) is 0 Å². The van der Waals surface area contributed by atoms with Crippen molar-refractivity contribution in [3.05, 3.63) is 58.5 Å². The zero-order valence-electron chi connectivity index (χ0n) is 11.3. The summed E-state index contributed by atoms with van der Waals surface area (Å²) >= 11 is 3.28. The minimum absolute atomic E-state index is 0.256. The highest BCUT2D eigenvalue weighted by Crippen LogP contribution is 2.12. The maximum Gasteiger partial charge on any atom is 0.338 e. The first-order chi connectivity index (χ1) is 10.1. The zero-order chi connectivity index (χ0) is 15.2. The predicted octanol–water partition coefficient (Wildman–Crippen LogP) is 2.90. The zero-order valence-corrected chi connectivity index (χ0v) is 12.9. The van der Waals surface area contributed by atoms with Crippen molar-refractivity contribution in [3.63, 3.8) is 0 Å². The Morgan fingerprint density at radius 2 is 2.00 bits per heavy atom. The van der Waals surface area contributed by atoms with Gasteiger partial charge in [0.05, 0.1) is 18.4 Å². The lowest BCUT2D eigenvalue weighted by Gasteiger charge is -2.13. The highest BCUT2D eigenvalue weighted by Gasteiger charge is 2.18. The third-order valence-corrected chi connectivity index (χ3v) is 3.28. The van der Waals surface area contributed by atoms with E-state index in [4.69, 9.17) is 9.15 Å². The van der Waals surface area contributed by atoms with Gasteiger partial charge in [0, 0.05) is 4.47 Å². The number of nitrogens with one attached hydrogen (secondary N) is 1. The molecule has 2 rings (SSSR count). The fourth-order valence-corrected chi connectivity index (χ4v) is 1.86. The van der Waals surface area contributed by atoms with Gasteiger partial charge in [0.1, 0.15) is 5.76 Å². The summed E-state index contributed by atoms with van der Waals surface area (Å²) < 4.78 is 11.1. The monoisotopic (exact) mass is 351 g/mol. The van der Waals surface area contributed by atoms with Crippen molar-refractivity contribution in [2.45, 2.75) is 19.6 Å². The summed E-state index contributed by atoms with van der Waals surface area (Å²) in [5, 5.41) is 2.63. The summed E-state index contributed by atoms with van der Waals surface area (Å²) in [5.74, 6) is -0.283. The molecule has 0 saturated heterocycles. The Kier molecular flexibility index (Phi) is 5.16. The SMILES string of the molecule is C[C@H](OC(=O)c1ccc(Br)cc1)C(=O)NCc1ccco1. The number of hydrogen-bond acceptors (Lipinski definition) is 4. The molecule has 5 nitrogen and oxygen atoms in total. The summed E-state index contributed by atoms with van der Waals surface area (Å²) in [7, 11) is 0. The van der Waals surface area contributed by atoms with E-state index in [1.54, 1.807) is 36.4 Å². The molecule has 0 spiro atoms. The van der Waals surface area contributed by atoms with Gasteiger partial charge in [0.25, 0.3) is 5.91 Å². The lowest BCUT2D eigenvalue weighted by Crippen LogP contribution is -2.35. The number of amides is 1. The van der Waals surface area contributed by atoms with Crippen molar-refractivity contribution in [3.8, 4) is 0 Å². The van der Waals surface area contributed by atoms with Crippen LogP contribution in [0.4, 0.5) is 0 Å². The summed E-state index contributed by atoms with van der Waals surface area (Å²) in [4.78, 5) is 23.7. The normalized spacial score (nSPS) is 11.7. The second-order valence-corrected chi connectivity index (χ2v) is 5.27. The molecular weight excluding hydrogens is 338 g/mol. The first kappa shape index (κ1) is 15.3. The van der Waals surface area contributed by atoms with E-state index in [0.717, 1.165) is 4.47 Å². The molecule has 0 radical (unpaired) electrons. The average Bonchev–Trinajstić information content (AvgIpc) is 2.98. The van der Waals surface area contributed by atoms with Crippen molar-refractivity contribution in [2.75, 3.05) is 0 Å². The first-order valence-electron chi connectivity index (χ1n) is 6.33. The van der Waals surface area contributed by atoms with Crippen molar-refractivity contribution in [1.82, 2.24) is 5.32 Å². The summed E-state index contributed by atoms with van der Waals surface area (Å²) in [6, 6.07) is 10.2. The fraction of sp³-hybridized carbons (Fsp3) is 0.200. The third kappa shape index (κ3) is 4.46. The Balaban J connectivity index is 1.85. The first-order valence-corrected chi connectivity index (χ1v) is 7.12. The van der Waals surface area contributed by atoms with Crippen molar-refractivity contribution in [2.24, 2.45) is 0 Å². The van der Waals surface area contributed by atoms with Crippen molar-refractivity contribution < 1.29 is 18.7 Å². The smallest absolute Gasteiger partial charge is 0.338 e. The number of benzene rings is 1. The molecule has 21 heavy (non-hydrogen) atoms. The Hall–Kier alpha value is -2.08. The molecule has 1 atom stereocenters. The van der Waals surface area contributed by atoms with E-state index in [0.29, 0.717) is 11.3 Å². The molecule has 1 aromatic carbocycles. The molecule has 0 fully saturated rings. The molecule has 0 bridgehead atoms. The summed E-state index contributed by atoms with van der Waals surface area (Å²) in [6.07, 6.45) is 0.648. The molecule has 0 aliphatic rings. The molecule has 110 valence electrons. The predicted molar refractivity (Wildman–Crippen MR) is 79.6 cm³/mol. The Bertz CT molecular complexity index is 607. The number of carbonyl (C=O) groups excluding carboxylic acids is 2. The number of esters is 1. The minimum Gasteiger partial charge on any atom is -0.467 e. The fourth-order valence-electron chi connectivity index (χ4n) is 1.60. The second kappa shape index (κ2) is 7.08. The van der Waals surface area contributed by atoms with E-state index in [9.17, 15) is 9.59 Å². The van der Waals surface area contributed by atoms with Gasteiger partial charge in [0.2, 0.25) is 0 Å². The van der Waals surface area contributed by atoms with E-state index in [2.05, 4.69) is 21.2 Å². The van der Waals surface area contributed by atoms with Crippen molar-refractivity contribution >= 4 is 27.8 Å². The lowest BCUT2D eigenvalue weighted by molar-refractivity contribution is -0.129. The van der Waals surface area contributed by atoms with Crippen molar-refractivity contribution in [1.29, 1.82) is 0 Å². The number of hydrogen-bond donors (Lipinski definition) is 1. The standard InChI is InChI=1S/C15H14BrNO4/c1-10(14(18)17-9-13-3-2-8-20-13)21-15(19)11-4-6-12(16)7-5-11/h2-8,10H,9H2,1H3,(H,17,18)/t10-/m0/s1. The molecule has 1 aromatic heterocycles. The van der Waals surface area contributed by atoms with Gasteiger partial charge in [-0.25, -0.2) is 4.79 Å². The number of halogens is 1. The van der Waals surface area contributed by atoms with Gasteiger partial charge in [-0.3, -0.25) is 4.79 Å². The van der Waals surface area contributed by atoms with Crippen LogP contribution in [-0.4, -0.2) is 18.0 Å². The highest BCUT2D eigenvalue weighted by atomic mass is 79.9. The average molecular weight is 352 g/mol. The van der Waals surface area contributed by atoms with E-state index in [-0.39, 0.29) is 12.5 Å². The molecule has 2 aromatic rings. The molecule has 0 unspecified atom stereocenters. The topological polar surface area (TPSA) is 68.5 Å². The van der Waals surface area contributed by atoms with Crippen LogP contribution >= 0.6 is 15.9 Å². The van der Waals surface area contributed by atoms with E-state index in [1.807, 2.05) is 0 Å². The van der Waals surface area contributed by atoms with E-state index >= 15 is 0 Å². The maximum absolute atomic E-state index is 11.9. The largest absolute Gasteiger partial charge is 0.467 e. The van der Waals surface area contributed by atoms with Crippen LogP contribution in [0.2, 0.25) is 0 Å². The summed E-state index contributed by atoms with van der Waals surface area (Å²) in [6.45, 7) is 1.78. The molecule has 6 heteroatoms. The number of ether oxygens (including phenoxy) is 1. The molecular formula is C15H14BrNO4. The van der Waals surface area contributed by atoms with E-state index in [1.165, 1.54) is 13.2 Å². The van der Waals surface area contributed by atoms with Gasteiger partial charge in [-0.1, -0.05) is 15.9 Å². The quantitative estimate of drug-likeness (QED) is 0.841. The minimum atomic E-state index is -0.879. The van der Waals surface area contributed by atoms with Crippen LogP contribution in [0.15, 0.2) is 51.6 Å². The third-order valence-electron chi connectivity index (χ3n) is 2.75. The second-order valence-electron chi connectivity index (χ2n) is 4.35. The van der Waals surface area contributed by atoms with Crippen LogP contribution in [-0.2, 0) is 16.1 Å². The van der Waals surface area contributed by atoms with Crippen LogP contribution in [0.1, 0.15) is 23.0 Å². The van der Waals surface area contributed by atoms with Crippen LogP contribution in [0.5, 0.6) is 0 Å². The number of rotatable bonds is 5. The van der Waals surface area contributed by atoms with Gasteiger partial charge in [0.15, 0.2) is 6.10 Å². The summed E-state index contributed by atoms with van der Waals surface area (Å²) in [5.41, 5.74) is 0.392. The molecule has 0 aliphatic carbocycles. The van der Waals surface area contributed by atoms with Gasteiger partial charge in [-0.15, -0.1) is 0 Å². The van der Waals surface area contributed by atoms with Gasteiger partial charge < -0.3 is 14.5 Å². The Morgan fingerprint density at radius 1 is 1.29 bits per heavy atom.